The van der Waals surface area contributed by atoms with Crippen LogP contribution in [0.25, 0.3) is 10.8 Å². The molecule has 3 aromatic rings. The van der Waals surface area contributed by atoms with E-state index in [1.165, 1.54) is 18.2 Å². The number of carbonyl (C=O) groups excluding carboxylic acids is 1. The van der Waals surface area contributed by atoms with Crippen molar-refractivity contribution >= 4 is 87.1 Å². The number of rotatable bonds is 6. The molecule has 0 saturated carbocycles. The summed E-state index contributed by atoms with van der Waals surface area (Å²) in [6.07, 6.45) is 0. The van der Waals surface area contributed by atoms with Crippen molar-refractivity contribution in [3.05, 3.63) is 54.1 Å². The first-order valence-electron chi connectivity index (χ1n) is 8.32. The summed E-state index contributed by atoms with van der Waals surface area (Å²) < 4.78 is 38.1. The van der Waals surface area contributed by atoms with E-state index in [1.54, 1.807) is 31.2 Å². The first-order chi connectivity index (χ1) is 13.7. The SMILES string of the molecule is CCOc1ccc(N=Nc2c([O-])c(C(=O)[O-])cc3ccccc23)c(S(=O)(=O)O)c1.[Ba+2]. The zero-order chi connectivity index (χ0) is 21.2. The molecular weight excluding hydrogens is 538 g/mol. The predicted molar refractivity (Wildman–Crippen MR) is 105 cm³/mol. The van der Waals surface area contributed by atoms with Crippen LogP contribution in [0.5, 0.6) is 11.5 Å². The quantitative estimate of drug-likeness (QED) is 0.279. The molecule has 1 N–H and O–H groups in total. The second kappa shape index (κ2) is 9.92. The number of benzene rings is 3. The monoisotopic (exact) mass is 552 g/mol. The Morgan fingerprint density at radius 1 is 1.13 bits per heavy atom. The molecule has 0 aromatic heterocycles. The summed E-state index contributed by atoms with van der Waals surface area (Å²) in [6, 6.07) is 11.3. The normalized spacial score (nSPS) is 11.4. The molecule has 150 valence electrons. The Balaban J connectivity index is 0.00000320. The number of hydrogen-bond donors (Lipinski definition) is 1. The van der Waals surface area contributed by atoms with Crippen molar-refractivity contribution in [2.75, 3.05) is 6.61 Å². The minimum Gasteiger partial charge on any atom is -0.871 e. The Morgan fingerprint density at radius 2 is 1.83 bits per heavy atom. The maximum absolute atomic E-state index is 12.5. The van der Waals surface area contributed by atoms with Gasteiger partial charge in [-0.25, -0.2) is 0 Å². The molecule has 0 fully saturated rings. The number of azo groups is 1. The molecular formula is C19H14BaN2O7S. The Hall–Kier alpha value is -1.93. The zero-order valence-electron chi connectivity index (χ0n) is 15.7. The summed E-state index contributed by atoms with van der Waals surface area (Å²) in [7, 11) is -4.67. The Kier molecular flexibility index (Phi) is 8.05. The molecule has 0 aliphatic heterocycles. The van der Waals surface area contributed by atoms with Crippen molar-refractivity contribution in [2.24, 2.45) is 10.2 Å². The summed E-state index contributed by atoms with van der Waals surface area (Å²) in [5.74, 6) is -2.41. The number of carboxylic acid groups (broad SMARTS) is 1. The predicted octanol–water partition coefficient (Wildman–Crippen LogP) is 1.96. The molecule has 0 heterocycles. The fourth-order valence-corrected chi connectivity index (χ4v) is 3.34. The van der Waals surface area contributed by atoms with Crippen molar-refractivity contribution in [3.8, 4) is 11.5 Å². The number of hydrogen-bond acceptors (Lipinski definition) is 8. The van der Waals surface area contributed by atoms with Crippen LogP contribution in [-0.4, -0.2) is 74.4 Å². The molecule has 0 aliphatic carbocycles. The van der Waals surface area contributed by atoms with E-state index in [9.17, 15) is 28.0 Å². The zero-order valence-corrected chi connectivity index (χ0v) is 21.0. The van der Waals surface area contributed by atoms with Crippen molar-refractivity contribution in [1.82, 2.24) is 0 Å². The number of ether oxygens (including phenoxy) is 1. The van der Waals surface area contributed by atoms with Gasteiger partial charge in [0.2, 0.25) is 0 Å². The van der Waals surface area contributed by atoms with Gasteiger partial charge in [-0.1, -0.05) is 30.0 Å². The largest absolute Gasteiger partial charge is 2.00 e. The van der Waals surface area contributed by atoms with Crippen molar-refractivity contribution < 1.29 is 32.7 Å². The number of carboxylic acids is 1. The van der Waals surface area contributed by atoms with Gasteiger partial charge in [0.15, 0.2) is 0 Å². The molecule has 0 radical (unpaired) electrons. The van der Waals surface area contributed by atoms with Crippen LogP contribution in [0, 0.1) is 0 Å². The molecule has 0 atom stereocenters. The van der Waals surface area contributed by atoms with Crippen molar-refractivity contribution in [3.63, 3.8) is 0 Å². The van der Waals surface area contributed by atoms with Gasteiger partial charge in [-0.3, -0.25) is 4.55 Å². The van der Waals surface area contributed by atoms with E-state index >= 15 is 0 Å². The molecule has 3 aromatic carbocycles. The van der Waals surface area contributed by atoms with Crippen molar-refractivity contribution in [2.45, 2.75) is 11.8 Å². The van der Waals surface area contributed by atoms with Gasteiger partial charge >= 0.3 is 48.9 Å². The van der Waals surface area contributed by atoms with Crippen LogP contribution in [0.15, 0.2) is 63.7 Å². The average molecular weight is 552 g/mol. The van der Waals surface area contributed by atoms with Gasteiger partial charge in [-0.05, 0) is 36.1 Å². The van der Waals surface area contributed by atoms with Crippen LogP contribution in [0.4, 0.5) is 11.4 Å². The third kappa shape index (κ3) is 5.21. The van der Waals surface area contributed by atoms with Crippen LogP contribution in [-0.2, 0) is 10.1 Å². The molecule has 9 nitrogen and oxygen atoms in total. The Labute approximate surface area is 212 Å². The second-order valence-corrected chi connectivity index (χ2v) is 7.24. The van der Waals surface area contributed by atoms with Crippen LogP contribution >= 0.6 is 0 Å². The van der Waals surface area contributed by atoms with Crippen LogP contribution in [0.3, 0.4) is 0 Å². The summed E-state index contributed by atoms with van der Waals surface area (Å²) >= 11 is 0. The first kappa shape index (κ1) is 24.3. The molecule has 0 saturated heterocycles. The molecule has 0 spiro atoms. The van der Waals surface area contributed by atoms with Crippen LogP contribution < -0.4 is 14.9 Å². The average Bonchev–Trinajstić information content (AvgIpc) is 2.67. The van der Waals surface area contributed by atoms with E-state index < -0.39 is 32.3 Å². The van der Waals surface area contributed by atoms with Gasteiger partial charge in [0, 0.05) is 11.5 Å². The van der Waals surface area contributed by atoms with E-state index in [2.05, 4.69) is 10.2 Å². The molecule has 0 bridgehead atoms. The van der Waals surface area contributed by atoms with E-state index in [0.717, 1.165) is 6.07 Å². The van der Waals surface area contributed by atoms with Gasteiger partial charge in [0.1, 0.15) is 16.3 Å². The Morgan fingerprint density at radius 3 is 2.47 bits per heavy atom. The minimum absolute atomic E-state index is 0. The molecule has 0 amide bonds. The summed E-state index contributed by atoms with van der Waals surface area (Å²) in [5, 5.41) is 32.1. The molecule has 0 unspecified atom stereocenters. The number of carbonyl (C=O) groups is 1. The maximum Gasteiger partial charge on any atom is 2.00 e. The third-order valence-corrected chi connectivity index (χ3v) is 4.86. The fraction of sp³-hybridized carbons (Fsp3) is 0.105. The van der Waals surface area contributed by atoms with Gasteiger partial charge in [0.25, 0.3) is 10.1 Å². The number of fused-ring (bicyclic) bond motifs is 1. The smallest absolute Gasteiger partial charge is 0.871 e. The molecule has 30 heavy (non-hydrogen) atoms. The van der Waals surface area contributed by atoms with E-state index in [1.807, 2.05) is 0 Å². The van der Waals surface area contributed by atoms with E-state index in [4.69, 9.17) is 4.74 Å². The fourth-order valence-electron chi connectivity index (χ4n) is 2.70. The number of nitrogens with zero attached hydrogens (tertiary/aromatic N) is 2. The minimum atomic E-state index is -4.67. The van der Waals surface area contributed by atoms with Crippen LogP contribution in [0.1, 0.15) is 17.3 Å². The first-order valence-corrected chi connectivity index (χ1v) is 9.76. The molecule has 3 rings (SSSR count). The van der Waals surface area contributed by atoms with Gasteiger partial charge < -0.3 is 19.7 Å². The molecule has 11 heteroatoms. The summed E-state index contributed by atoms with van der Waals surface area (Å²) in [4.78, 5) is 10.7. The van der Waals surface area contributed by atoms with E-state index in [-0.39, 0.29) is 72.6 Å². The third-order valence-electron chi connectivity index (χ3n) is 3.97. The standard InChI is InChI=1S/C19H16N2O7S.Ba/c1-2-28-12-7-8-15(16(10-12)29(25,26)27)20-21-17-13-6-4-3-5-11(13)9-14(18(17)22)19(23)24;/h3-10,22H,2H2,1H3,(H,23,24)(H,25,26,27);/q;+2/p-2. The topological polar surface area (TPSA) is 152 Å². The van der Waals surface area contributed by atoms with Gasteiger partial charge in [0.05, 0.1) is 18.3 Å². The molecule has 0 aliphatic rings. The summed E-state index contributed by atoms with van der Waals surface area (Å²) in [6.45, 7) is 1.97. The van der Waals surface area contributed by atoms with Gasteiger partial charge in [-0.15, -0.1) is 5.11 Å². The number of aromatic carboxylic acids is 1. The Bertz CT molecular complexity index is 1240. The maximum atomic E-state index is 12.5. The van der Waals surface area contributed by atoms with Crippen molar-refractivity contribution in [1.29, 1.82) is 0 Å². The van der Waals surface area contributed by atoms with Gasteiger partial charge in [-0.2, -0.15) is 13.5 Å². The summed E-state index contributed by atoms with van der Waals surface area (Å²) in [5.41, 5.74) is -1.14. The second-order valence-electron chi connectivity index (χ2n) is 5.85. The van der Waals surface area contributed by atoms with E-state index in [0.29, 0.717) is 10.8 Å². The van der Waals surface area contributed by atoms with Crippen LogP contribution in [0.2, 0.25) is 0 Å².